The van der Waals surface area contributed by atoms with Gasteiger partial charge >= 0.3 is 0 Å². The number of nitrogens with zero attached hydrogens (tertiary/aromatic N) is 1. The lowest BCUT2D eigenvalue weighted by atomic mass is 10.0. The zero-order valence-corrected chi connectivity index (χ0v) is 13.6. The Bertz CT molecular complexity index is 407. The van der Waals surface area contributed by atoms with E-state index < -0.39 is 0 Å². The highest BCUT2D eigenvalue weighted by molar-refractivity contribution is 5.60. The molecule has 1 atom stereocenters. The van der Waals surface area contributed by atoms with Gasteiger partial charge < -0.3 is 19.7 Å². The molecular formula is C16H28N2O2. The number of nitrogens with one attached hydrogen (secondary N) is 1. The van der Waals surface area contributed by atoms with Gasteiger partial charge in [-0.15, -0.1) is 0 Å². The summed E-state index contributed by atoms with van der Waals surface area (Å²) in [4.78, 5) is 2.22. The lowest BCUT2D eigenvalue weighted by Gasteiger charge is -2.26. The molecule has 114 valence electrons. The Morgan fingerprint density at radius 2 is 1.95 bits per heavy atom. The van der Waals surface area contributed by atoms with Crippen LogP contribution in [0.25, 0.3) is 0 Å². The second kappa shape index (κ2) is 8.12. The summed E-state index contributed by atoms with van der Waals surface area (Å²) in [6.07, 6.45) is 0.268. The smallest absolute Gasteiger partial charge is 0.125 e. The van der Waals surface area contributed by atoms with Crippen LogP contribution in [0.4, 0.5) is 5.69 Å². The van der Waals surface area contributed by atoms with Crippen LogP contribution in [0.3, 0.4) is 0 Å². The molecule has 1 rings (SSSR count). The van der Waals surface area contributed by atoms with Gasteiger partial charge in [0.25, 0.3) is 0 Å². The predicted molar refractivity (Wildman–Crippen MR) is 84.8 cm³/mol. The average Bonchev–Trinajstić information content (AvgIpc) is 2.44. The third-order valence-electron chi connectivity index (χ3n) is 3.42. The summed E-state index contributed by atoms with van der Waals surface area (Å²) < 4.78 is 11.1. The monoisotopic (exact) mass is 280 g/mol. The maximum absolute atomic E-state index is 5.63. The van der Waals surface area contributed by atoms with Crippen molar-refractivity contribution in [2.45, 2.75) is 32.9 Å². The highest BCUT2D eigenvalue weighted by Gasteiger charge is 2.17. The van der Waals surface area contributed by atoms with E-state index in [1.54, 1.807) is 7.11 Å². The largest absolute Gasteiger partial charge is 0.496 e. The van der Waals surface area contributed by atoms with Gasteiger partial charge in [0.15, 0.2) is 0 Å². The molecule has 0 aromatic heterocycles. The molecule has 4 heteroatoms. The molecule has 0 saturated carbocycles. The molecule has 1 unspecified atom stereocenters. The third kappa shape index (κ3) is 4.39. The number of anilines is 1. The Balaban J connectivity index is 2.92. The van der Waals surface area contributed by atoms with Crippen molar-refractivity contribution in [2.24, 2.45) is 0 Å². The van der Waals surface area contributed by atoms with Crippen LogP contribution in [0, 0.1) is 0 Å². The second-order valence-corrected chi connectivity index (χ2v) is 5.24. The summed E-state index contributed by atoms with van der Waals surface area (Å²) in [6.45, 7) is 7.83. The maximum Gasteiger partial charge on any atom is 0.125 e. The topological polar surface area (TPSA) is 33.7 Å². The SMILES string of the molecule is CNC(C)c1c(OC)cccc1N(C)CCOC(C)C. The Morgan fingerprint density at radius 1 is 1.25 bits per heavy atom. The zero-order valence-electron chi connectivity index (χ0n) is 13.6. The molecule has 0 amide bonds. The van der Waals surface area contributed by atoms with Crippen LogP contribution in [0.15, 0.2) is 18.2 Å². The van der Waals surface area contributed by atoms with Gasteiger partial charge in [0.2, 0.25) is 0 Å². The Morgan fingerprint density at radius 3 is 2.50 bits per heavy atom. The van der Waals surface area contributed by atoms with Crippen molar-refractivity contribution in [2.75, 3.05) is 39.3 Å². The second-order valence-electron chi connectivity index (χ2n) is 5.24. The van der Waals surface area contributed by atoms with Gasteiger partial charge in [0.05, 0.1) is 19.8 Å². The predicted octanol–water partition coefficient (Wildman–Crippen LogP) is 2.84. The van der Waals surface area contributed by atoms with Gasteiger partial charge in [-0.05, 0) is 40.0 Å². The quantitative estimate of drug-likeness (QED) is 0.794. The van der Waals surface area contributed by atoms with E-state index in [0.29, 0.717) is 0 Å². The fourth-order valence-corrected chi connectivity index (χ4v) is 2.17. The summed E-state index contributed by atoms with van der Waals surface area (Å²) in [6, 6.07) is 6.39. The number of likely N-dealkylation sites (N-methyl/N-ethyl adjacent to an activating group) is 1. The first-order valence-corrected chi connectivity index (χ1v) is 7.18. The highest BCUT2D eigenvalue weighted by Crippen LogP contribution is 2.33. The molecule has 0 fully saturated rings. The minimum Gasteiger partial charge on any atom is -0.496 e. The van der Waals surface area contributed by atoms with Crippen LogP contribution in [0.5, 0.6) is 5.75 Å². The number of rotatable bonds is 8. The number of benzene rings is 1. The first-order valence-electron chi connectivity index (χ1n) is 7.18. The first-order chi connectivity index (χ1) is 9.51. The van der Waals surface area contributed by atoms with Crippen molar-refractivity contribution < 1.29 is 9.47 Å². The van der Waals surface area contributed by atoms with Gasteiger partial charge in [0.1, 0.15) is 5.75 Å². The van der Waals surface area contributed by atoms with Crippen molar-refractivity contribution in [1.82, 2.24) is 5.32 Å². The first kappa shape index (κ1) is 16.8. The van der Waals surface area contributed by atoms with Crippen molar-refractivity contribution in [3.63, 3.8) is 0 Å². The van der Waals surface area contributed by atoms with E-state index >= 15 is 0 Å². The average molecular weight is 280 g/mol. The summed E-state index contributed by atoms with van der Waals surface area (Å²) in [7, 11) is 5.76. The Hall–Kier alpha value is -1.26. The van der Waals surface area contributed by atoms with Gasteiger partial charge in [-0.25, -0.2) is 0 Å². The lowest BCUT2D eigenvalue weighted by molar-refractivity contribution is 0.0846. The molecule has 0 bridgehead atoms. The third-order valence-corrected chi connectivity index (χ3v) is 3.42. The summed E-state index contributed by atoms with van der Waals surface area (Å²) in [5.41, 5.74) is 2.36. The fourth-order valence-electron chi connectivity index (χ4n) is 2.17. The van der Waals surface area contributed by atoms with Crippen molar-refractivity contribution in [3.05, 3.63) is 23.8 Å². The van der Waals surface area contributed by atoms with Gasteiger partial charge in [0, 0.05) is 30.9 Å². The molecular weight excluding hydrogens is 252 g/mol. The van der Waals surface area contributed by atoms with Crippen LogP contribution in [0.1, 0.15) is 32.4 Å². The molecule has 0 saturated heterocycles. The molecule has 1 N–H and O–H groups in total. The molecule has 0 aliphatic heterocycles. The van der Waals surface area contributed by atoms with Gasteiger partial charge in [-0.3, -0.25) is 0 Å². The van der Waals surface area contributed by atoms with Crippen LogP contribution < -0.4 is 15.0 Å². The van der Waals surface area contributed by atoms with Crippen molar-refractivity contribution >= 4 is 5.69 Å². The van der Waals surface area contributed by atoms with E-state index in [-0.39, 0.29) is 12.1 Å². The number of hydrogen-bond donors (Lipinski definition) is 1. The Kier molecular flexibility index (Phi) is 6.82. The molecule has 0 heterocycles. The molecule has 20 heavy (non-hydrogen) atoms. The molecule has 0 spiro atoms. The van der Waals surface area contributed by atoms with E-state index in [4.69, 9.17) is 9.47 Å². The molecule has 0 aliphatic rings. The highest BCUT2D eigenvalue weighted by atomic mass is 16.5. The van der Waals surface area contributed by atoms with E-state index in [0.717, 1.165) is 18.9 Å². The number of hydrogen-bond acceptors (Lipinski definition) is 4. The van der Waals surface area contributed by atoms with E-state index in [9.17, 15) is 0 Å². The molecule has 0 aliphatic carbocycles. The molecule has 1 aromatic carbocycles. The van der Waals surface area contributed by atoms with E-state index in [1.807, 2.05) is 19.2 Å². The number of methoxy groups -OCH3 is 1. The lowest BCUT2D eigenvalue weighted by Crippen LogP contribution is -2.26. The van der Waals surface area contributed by atoms with Crippen molar-refractivity contribution in [1.29, 1.82) is 0 Å². The molecule has 0 radical (unpaired) electrons. The van der Waals surface area contributed by atoms with Crippen LogP contribution >= 0.6 is 0 Å². The van der Waals surface area contributed by atoms with E-state index in [2.05, 4.69) is 44.1 Å². The summed E-state index contributed by atoms with van der Waals surface area (Å²) in [5.74, 6) is 0.918. The maximum atomic E-state index is 5.63. The van der Waals surface area contributed by atoms with Crippen molar-refractivity contribution in [3.8, 4) is 5.75 Å². The number of ether oxygens (including phenoxy) is 2. The molecule has 1 aromatic rings. The summed E-state index contributed by atoms with van der Waals surface area (Å²) >= 11 is 0. The van der Waals surface area contributed by atoms with Gasteiger partial charge in [-0.1, -0.05) is 6.07 Å². The van der Waals surface area contributed by atoms with Crippen LogP contribution in [-0.4, -0.2) is 40.5 Å². The summed E-state index contributed by atoms with van der Waals surface area (Å²) in [5, 5.41) is 3.29. The van der Waals surface area contributed by atoms with E-state index in [1.165, 1.54) is 11.3 Å². The van der Waals surface area contributed by atoms with Gasteiger partial charge in [-0.2, -0.15) is 0 Å². The zero-order chi connectivity index (χ0) is 15.1. The fraction of sp³-hybridized carbons (Fsp3) is 0.625. The minimum atomic E-state index is 0.231. The molecule has 4 nitrogen and oxygen atoms in total. The van der Waals surface area contributed by atoms with Crippen LogP contribution in [-0.2, 0) is 4.74 Å². The standard InChI is InChI=1S/C16H28N2O2/c1-12(2)20-11-10-18(5)14-8-7-9-15(19-6)16(14)13(3)17-4/h7-9,12-13,17H,10-11H2,1-6H3. The normalized spacial score (nSPS) is 12.6. The van der Waals surface area contributed by atoms with Crippen LogP contribution in [0.2, 0.25) is 0 Å². The Labute approximate surface area is 123 Å². The minimum absolute atomic E-state index is 0.231.